The summed E-state index contributed by atoms with van der Waals surface area (Å²) in [7, 11) is 0. The average Bonchev–Trinajstić information content (AvgIpc) is 2.93. The molecule has 0 bridgehead atoms. The molecule has 2 aromatic rings. The van der Waals surface area contributed by atoms with Gasteiger partial charge in [-0.05, 0) is 43.0 Å². The molecule has 3 heteroatoms. The van der Waals surface area contributed by atoms with Gasteiger partial charge in [0.15, 0.2) is 5.78 Å². The summed E-state index contributed by atoms with van der Waals surface area (Å²) in [6.07, 6.45) is 8.77. The van der Waals surface area contributed by atoms with Crippen LogP contribution in [0.25, 0.3) is 11.8 Å². The van der Waals surface area contributed by atoms with Crippen molar-refractivity contribution < 1.29 is 4.79 Å². The summed E-state index contributed by atoms with van der Waals surface area (Å²) in [6, 6.07) is 9.98. The number of benzene rings is 1. The Labute approximate surface area is 118 Å². The fourth-order valence-electron chi connectivity index (χ4n) is 2.65. The van der Waals surface area contributed by atoms with E-state index < -0.39 is 0 Å². The first-order valence-corrected chi connectivity index (χ1v) is 7.09. The van der Waals surface area contributed by atoms with Crippen molar-refractivity contribution in [2.75, 3.05) is 0 Å². The first-order chi connectivity index (χ1) is 9.74. The van der Waals surface area contributed by atoms with E-state index in [0.29, 0.717) is 5.78 Å². The molecule has 1 fully saturated rings. The maximum Gasteiger partial charge on any atom is 0.161 e. The van der Waals surface area contributed by atoms with Gasteiger partial charge in [0, 0.05) is 17.7 Å². The summed E-state index contributed by atoms with van der Waals surface area (Å²) in [5, 5.41) is 4.36. The van der Waals surface area contributed by atoms with Gasteiger partial charge < -0.3 is 0 Å². The fourth-order valence-corrected chi connectivity index (χ4v) is 2.65. The standard InChI is InChI=1S/C17H18N2O/c1-13-6-5-7-15(17(13)20)10-14-11-18-19(12-14)16-8-3-2-4-9-16/h2-4,8-13H,5-7H2,1H3/b15-10+. The van der Waals surface area contributed by atoms with Crippen LogP contribution in [0.3, 0.4) is 0 Å². The lowest BCUT2D eigenvalue weighted by Crippen LogP contribution is -2.18. The molecule has 1 aliphatic carbocycles. The van der Waals surface area contributed by atoms with Gasteiger partial charge >= 0.3 is 0 Å². The van der Waals surface area contributed by atoms with Crippen LogP contribution in [0.1, 0.15) is 31.7 Å². The Morgan fingerprint density at radius 2 is 2.10 bits per heavy atom. The van der Waals surface area contributed by atoms with E-state index in [9.17, 15) is 4.79 Å². The highest BCUT2D eigenvalue weighted by Gasteiger charge is 2.22. The van der Waals surface area contributed by atoms with Crippen molar-refractivity contribution in [3.8, 4) is 5.69 Å². The predicted octanol–water partition coefficient (Wildman–Crippen LogP) is 3.64. The van der Waals surface area contributed by atoms with Crippen LogP contribution in [0.4, 0.5) is 0 Å². The third-order valence-electron chi connectivity index (χ3n) is 3.81. The van der Waals surface area contributed by atoms with Crippen molar-refractivity contribution >= 4 is 11.9 Å². The number of hydrogen-bond donors (Lipinski definition) is 0. The molecule has 1 aromatic heterocycles. The van der Waals surface area contributed by atoms with Crippen LogP contribution in [0, 0.1) is 5.92 Å². The van der Waals surface area contributed by atoms with Crippen LogP contribution in [0.2, 0.25) is 0 Å². The highest BCUT2D eigenvalue weighted by atomic mass is 16.1. The Morgan fingerprint density at radius 1 is 1.30 bits per heavy atom. The molecule has 1 heterocycles. The molecule has 20 heavy (non-hydrogen) atoms. The van der Waals surface area contributed by atoms with Crippen molar-refractivity contribution in [2.45, 2.75) is 26.2 Å². The number of Topliss-reactive ketones (excluding diaryl/α,β-unsaturated/α-hetero) is 1. The van der Waals surface area contributed by atoms with Gasteiger partial charge in [0.2, 0.25) is 0 Å². The second kappa shape index (κ2) is 5.45. The Hall–Kier alpha value is -2.16. The van der Waals surface area contributed by atoms with E-state index in [4.69, 9.17) is 0 Å². The van der Waals surface area contributed by atoms with Gasteiger partial charge in [-0.25, -0.2) is 4.68 Å². The third-order valence-corrected chi connectivity index (χ3v) is 3.81. The van der Waals surface area contributed by atoms with Crippen molar-refractivity contribution in [1.82, 2.24) is 9.78 Å². The van der Waals surface area contributed by atoms with Gasteiger partial charge in [-0.2, -0.15) is 5.10 Å². The lowest BCUT2D eigenvalue weighted by Gasteiger charge is -2.18. The first kappa shape index (κ1) is 12.9. The minimum absolute atomic E-state index is 0.166. The van der Waals surface area contributed by atoms with Crippen LogP contribution in [0.5, 0.6) is 0 Å². The van der Waals surface area contributed by atoms with Crippen LogP contribution in [-0.4, -0.2) is 15.6 Å². The molecule has 102 valence electrons. The molecule has 0 amide bonds. The molecule has 1 saturated carbocycles. The number of para-hydroxylation sites is 1. The molecule has 3 rings (SSSR count). The van der Waals surface area contributed by atoms with Crippen molar-refractivity contribution in [3.05, 3.63) is 53.9 Å². The quantitative estimate of drug-likeness (QED) is 0.778. The molecule has 0 saturated heterocycles. The van der Waals surface area contributed by atoms with Crippen molar-refractivity contribution in [1.29, 1.82) is 0 Å². The van der Waals surface area contributed by atoms with Gasteiger partial charge in [0.25, 0.3) is 0 Å². The summed E-state index contributed by atoms with van der Waals surface area (Å²) in [4.78, 5) is 12.1. The van der Waals surface area contributed by atoms with Crippen molar-refractivity contribution in [2.24, 2.45) is 5.92 Å². The molecule has 1 aliphatic rings. The molecule has 0 radical (unpaired) electrons. The number of hydrogen-bond acceptors (Lipinski definition) is 2. The molecule has 1 unspecified atom stereocenters. The topological polar surface area (TPSA) is 34.9 Å². The second-order valence-corrected chi connectivity index (χ2v) is 5.38. The molecule has 0 aliphatic heterocycles. The van der Waals surface area contributed by atoms with E-state index in [1.807, 2.05) is 60.4 Å². The number of ketones is 1. The Balaban J connectivity index is 1.86. The van der Waals surface area contributed by atoms with Crippen LogP contribution in [0.15, 0.2) is 48.3 Å². The molecule has 0 N–H and O–H groups in total. The summed E-state index contributed by atoms with van der Waals surface area (Å²) in [5.41, 5.74) is 2.96. The van der Waals surface area contributed by atoms with Gasteiger partial charge in [0.05, 0.1) is 11.9 Å². The lowest BCUT2D eigenvalue weighted by molar-refractivity contribution is -0.119. The number of rotatable bonds is 2. The smallest absolute Gasteiger partial charge is 0.161 e. The number of aromatic nitrogens is 2. The Morgan fingerprint density at radius 3 is 2.90 bits per heavy atom. The average molecular weight is 266 g/mol. The van der Waals surface area contributed by atoms with Gasteiger partial charge in [-0.3, -0.25) is 4.79 Å². The normalized spacial score (nSPS) is 21.4. The van der Waals surface area contributed by atoms with E-state index in [1.165, 1.54) is 0 Å². The van der Waals surface area contributed by atoms with E-state index in [2.05, 4.69) is 5.10 Å². The summed E-state index contributed by atoms with van der Waals surface area (Å²) >= 11 is 0. The second-order valence-electron chi connectivity index (χ2n) is 5.38. The number of allylic oxidation sites excluding steroid dienone is 1. The predicted molar refractivity (Wildman–Crippen MR) is 79.6 cm³/mol. The SMILES string of the molecule is CC1CCC/C(=C\c2cnn(-c3ccccc3)c2)C1=O. The van der Waals surface area contributed by atoms with E-state index >= 15 is 0 Å². The maximum atomic E-state index is 12.1. The monoisotopic (exact) mass is 266 g/mol. The summed E-state index contributed by atoms with van der Waals surface area (Å²) < 4.78 is 1.84. The number of carbonyl (C=O) groups is 1. The zero-order valence-electron chi connectivity index (χ0n) is 11.6. The molecule has 1 atom stereocenters. The third kappa shape index (κ3) is 2.57. The largest absolute Gasteiger partial charge is 0.294 e. The van der Waals surface area contributed by atoms with Crippen LogP contribution in [-0.2, 0) is 4.79 Å². The van der Waals surface area contributed by atoms with Crippen molar-refractivity contribution in [3.63, 3.8) is 0 Å². The molecule has 1 aromatic carbocycles. The van der Waals surface area contributed by atoms with Gasteiger partial charge in [-0.1, -0.05) is 25.1 Å². The summed E-state index contributed by atoms with van der Waals surface area (Å²) in [6.45, 7) is 2.02. The summed E-state index contributed by atoms with van der Waals surface area (Å²) in [5.74, 6) is 0.461. The van der Waals surface area contributed by atoms with Gasteiger partial charge in [0.1, 0.15) is 0 Å². The van der Waals surface area contributed by atoms with Crippen LogP contribution >= 0.6 is 0 Å². The van der Waals surface area contributed by atoms with Crippen LogP contribution < -0.4 is 0 Å². The highest BCUT2D eigenvalue weighted by molar-refractivity contribution is 6.01. The number of carbonyl (C=O) groups excluding carboxylic acids is 1. The Bertz CT molecular complexity index is 640. The van der Waals surface area contributed by atoms with E-state index in [0.717, 1.165) is 36.1 Å². The fraction of sp³-hybridized carbons (Fsp3) is 0.294. The molecular formula is C17H18N2O. The molecular weight excluding hydrogens is 248 g/mol. The first-order valence-electron chi connectivity index (χ1n) is 7.09. The zero-order chi connectivity index (χ0) is 13.9. The molecule has 3 nitrogen and oxygen atoms in total. The Kier molecular flexibility index (Phi) is 3.50. The molecule has 0 spiro atoms. The van der Waals surface area contributed by atoms with Gasteiger partial charge in [-0.15, -0.1) is 0 Å². The minimum Gasteiger partial charge on any atom is -0.294 e. The van der Waals surface area contributed by atoms with E-state index in [-0.39, 0.29) is 5.92 Å². The maximum absolute atomic E-state index is 12.1. The highest BCUT2D eigenvalue weighted by Crippen LogP contribution is 2.26. The van der Waals surface area contributed by atoms with E-state index in [1.54, 1.807) is 0 Å². The lowest BCUT2D eigenvalue weighted by atomic mass is 9.85. The zero-order valence-corrected chi connectivity index (χ0v) is 11.6. The minimum atomic E-state index is 0.166. The number of nitrogens with zero attached hydrogens (tertiary/aromatic N) is 2.